The highest BCUT2D eigenvalue weighted by Crippen LogP contribution is 2.55. The number of aryl methyl sites for hydroxylation is 1. The van der Waals surface area contributed by atoms with E-state index in [0.29, 0.717) is 23.6 Å². The zero-order valence-electron chi connectivity index (χ0n) is 16.9. The molecule has 2 bridgehead atoms. The number of likely N-dealkylation sites (tertiary alicyclic amines) is 1. The van der Waals surface area contributed by atoms with E-state index in [1.165, 1.54) is 25.7 Å². The van der Waals surface area contributed by atoms with Crippen LogP contribution in [0.1, 0.15) is 75.1 Å². The van der Waals surface area contributed by atoms with Gasteiger partial charge in [0.25, 0.3) is 0 Å². The summed E-state index contributed by atoms with van der Waals surface area (Å²) in [5.74, 6) is 2.12. The minimum Gasteiger partial charge on any atom is -0.423 e. The van der Waals surface area contributed by atoms with Gasteiger partial charge in [-0.3, -0.25) is 0 Å². The average Bonchev–Trinajstić information content (AvgIpc) is 3.34. The summed E-state index contributed by atoms with van der Waals surface area (Å²) in [6.07, 6.45) is 7.59. The Kier molecular flexibility index (Phi) is 4.57. The number of carbonyl (C=O) groups excluding carboxylic acids is 1. The molecule has 0 unspecified atom stereocenters. The summed E-state index contributed by atoms with van der Waals surface area (Å²) in [6, 6.07) is 5.97. The van der Waals surface area contributed by atoms with Crippen LogP contribution in [0.25, 0.3) is 0 Å². The van der Waals surface area contributed by atoms with Crippen molar-refractivity contribution in [3.63, 3.8) is 0 Å². The number of carbonyl (C=O) groups is 1. The van der Waals surface area contributed by atoms with Gasteiger partial charge in [-0.05, 0) is 61.3 Å². The number of nitrogens with zero attached hydrogens (tertiary/aromatic N) is 3. The van der Waals surface area contributed by atoms with Crippen LogP contribution in [0.15, 0.2) is 22.6 Å². The molecule has 1 N–H and O–H groups in total. The van der Waals surface area contributed by atoms with Crippen LogP contribution < -0.4 is 5.32 Å². The van der Waals surface area contributed by atoms with Crippen LogP contribution in [0.3, 0.4) is 0 Å². The van der Waals surface area contributed by atoms with E-state index in [1.807, 2.05) is 17.0 Å². The summed E-state index contributed by atoms with van der Waals surface area (Å²) in [6.45, 7) is 4.02. The number of rotatable bonds is 3. The largest absolute Gasteiger partial charge is 0.423 e. The molecule has 3 aliphatic rings. The number of hydrogen-bond donors (Lipinski definition) is 1. The molecule has 1 aromatic carbocycles. The molecule has 2 aliphatic carbocycles. The van der Waals surface area contributed by atoms with E-state index >= 15 is 0 Å². The monoisotopic (exact) mass is 414 g/mol. The van der Waals surface area contributed by atoms with Gasteiger partial charge >= 0.3 is 6.03 Å². The highest BCUT2D eigenvalue weighted by Gasteiger charge is 2.62. The van der Waals surface area contributed by atoms with E-state index in [0.717, 1.165) is 35.5 Å². The second-order valence-corrected chi connectivity index (χ2v) is 9.49. The number of amides is 2. The Bertz CT molecular complexity index is 939. The Labute approximate surface area is 176 Å². The lowest BCUT2D eigenvalue weighted by Gasteiger charge is -2.61. The molecule has 2 saturated carbocycles. The molecule has 3 atom stereocenters. The van der Waals surface area contributed by atoms with Gasteiger partial charge in [0.1, 0.15) is 5.54 Å². The van der Waals surface area contributed by atoms with Crippen LogP contribution in [0, 0.1) is 12.8 Å². The summed E-state index contributed by atoms with van der Waals surface area (Å²) in [4.78, 5) is 15.2. The summed E-state index contributed by atoms with van der Waals surface area (Å²) >= 11 is 6.46. The van der Waals surface area contributed by atoms with Crippen molar-refractivity contribution in [2.75, 3.05) is 5.32 Å². The highest BCUT2D eigenvalue weighted by molar-refractivity contribution is 6.31. The first-order valence-corrected chi connectivity index (χ1v) is 11.0. The van der Waals surface area contributed by atoms with Crippen molar-refractivity contribution in [1.82, 2.24) is 15.1 Å². The average molecular weight is 415 g/mol. The van der Waals surface area contributed by atoms with Gasteiger partial charge in [-0.1, -0.05) is 31.4 Å². The molecule has 2 aromatic rings. The fourth-order valence-electron chi connectivity index (χ4n) is 5.79. The van der Waals surface area contributed by atoms with Crippen molar-refractivity contribution >= 4 is 23.3 Å². The summed E-state index contributed by atoms with van der Waals surface area (Å²) < 4.78 is 5.78. The Hall–Kier alpha value is -2.08. The zero-order chi connectivity index (χ0) is 20.2. The Morgan fingerprint density at radius 1 is 1.28 bits per heavy atom. The summed E-state index contributed by atoms with van der Waals surface area (Å²) in [7, 11) is 0. The van der Waals surface area contributed by atoms with Crippen molar-refractivity contribution in [2.45, 2.75) is 76.3 Å². The van der Waals surface area contributed by atoms with Gasteiger partial charge in [-0.2, -0.15) is 0 Å². The number of nitrogens with one attached hydrogen (secondary N) is 1. The van der Waals surface area contributed by atoms with Gasteiger partial charge in [0.05, 0.1) is 0 Å². The minimum absolute atomic E-state index is 0.0938. The standard InChI is InChI=1S/C22H27ClN4O2/c1-13-9-17-12-22(11-13,20-26-25-14(2)29-20)27(17)21(28)24-16-7-8-19(23)18(10-16)15-5-3-4-6-15/h7-8,10,13,15,17H,3-6,9,11-12H2,1-2H3,(H,24,28)/t13-,17+,22-/m0/s1. The highest BCUT2D eigenvalue weighted by atomic mass is 35.5. The van der Waals surface area contributed by atoms with Crippen molar-refractivity contribution in [3.05, 3.63) is 40.6 Å². The molecule has 1 aromatic heterocycles. The maximum atomic E-state index is 13.3. The summed E-state index contributed by atoms with van der Waals surface area (Å²) in [5.41, 5.74) is 1.48. The first-order chi connectivity index (χ1) is 14.0. The summed E-state index contributed by atoms with van der Waals surface area (Å²) in [5, 5.41) is 12.2. The molecule has 2 amide bonds. The van der Waals surface area contributed by atoms with Crippen molar-refractivity contribution in [1.29, 1.82) is 0 Å². The molecule has 5 rings (SSSR count). The quantitative estimate of drug-likeness (QED) is 0.707. The molecular weight excluding hydrogens is 388 g/mol. The number of aromatic nitrogens is 2. The fourth-order valence-corrected chi connectivity index (χ4v) is 6.06. The Balaban J connectivity index is 1.40. The van der Waals surface area contributed by atoms with Gasteiger partial charge in [-0.15, -0.1) is 10.2 Å². The molecule has 0 radical (unpaired) electrons. The third-order valence-corrected chi connectivity index (χ3v) is 7.29. The molecule has 29 heavy (non-hydrogen) atoms. The first kappa shape index (κ1) is 18.9. The molecule has 6 nitrogen and oxygen atoms in total. The van der Waals surface area contributed by atoms with E-state index in [2.05, 4.69) is 28.5 Å². The van der Waals surface area contributed by atoms with Gasteiger partial charge < -0.3 is 14.6 Å². The fraction of sp³-hybridized carbons (Fsp3) is 0.591. The van der Waals surface area contributed by atoms with Gasteiger partial charge in [-0.25, -0.2) is 4.79 Å². The lowest BCUT2D eigenvalue weighted by atomic mass is 9.64. The Morgan fingerprint density at radius 3 is 2.79 bits per heavy atom. The third-order valence-electron chi connectivity index (χ3n) is 6.95. The second kappa shape index (κ2) is 7.01. The van der Waals surface area contributed by atoms with Gasteiger partial charge in [0, 0.05) is 30.1 Å². The SMILES string of the molecule is Cc1nnc([C@]23C[C@@H](C)C[C@H](C2)N3C(=O)Nc2ccc(Cl)c(C3CCCC3)c2)o1. The first-order valence-electron chi connectivity index (χ1n) is 10.7. The zero-order valence-corrected chi connectivity index (χ0v) is 17.7. The van der Waals surface area contributed by atoms with E-state index < -0.39 is 5.54 Å². The van der Waals surface area contributed by atoms with Crippen LogP contribution in [-0.4, -0.2) is 27.2 Å². The minimum atomic E-state index is -0.478. The molecule has 1 saturated heterocycles. The van der Waals surface area contributed by atoms with Crippen LogP contribution >= 0.6 is 11.6 Å². The number of hydrogen-bond acceptors (Lipinski definition) is 4. The molecular formula is C22H27ClN4O2. The van der Waals surface area contributed by atoms with Crippen LogP contribution in [0.5, 0.6) is 0 Å². The topological polar surface area (TPSA) is 71.3 Å². The number of fused-ring (bicyclic) bond motifs is 2. The van der Waals surface area contributed by atoms with E-state index in [-0.39, 0.29) is 12.1 Å². The van der Waals surface area contributed by atoms with Crippen LogP contribution in [0.2, 0.25) is 5.02 Å². The van der Waals surface area contributed by atoms with E-state index in [4.69, 9.17) is 16.0 Å². The number of piperidine rings is 1. The molecule has 3 fully saturated rings. The number of benzene rings is 1. The van der Waals surface area contributed by atoms with Crippen molar-refractivity contribution in [2.24, 2.45) is 5.92 Å². The van der Waals surface area contributed by atoms with Gasteiger partial charge in [0.15, 0.2) is 0 Å². The lowest BCUT2D eigenvalue weighted by Crippen LogP contribution is -2.70. The maximum absolute atomic E-state index is 13.3. The van der Waals surface area contributed by atoms with Crippen LogP contribution in [-0.2, 0) is 5.54 Å². The predicted molar refractivity (Wildman–Crippen MR) is 111 cm³/mol. The number of halogens is 1. The molecule has 0 spiro atoms. The molecule has 154 valence electrons. The number of urea groups is 1. The maximum Gasteiger partial charge on any atom is 0.322 e. The molecule has 1 aliphatic heterocycles. The lowest BCUT2D eigenvalue weighted by molar-refractivity contribution is -0.110. The van der Waals surface area contributed by atoms with E-state index in [1.54, 1.807) is 6.92 Å². The second-order valence-electron chi connectivity index (χ2n) is 9.08. The van der Waals surface area contributed by atoms with Crippen molar-refractivity contribution < 1.29 is 9.21 Å². The van der Waals surface area contributed by atoms with Crippen molar-refractivity contribution in [3.8, 4) is 0 Å². The van der Waals surface area contributed by atoms with Crippen LogP contribution in [0.4, 0.5) is 10.5 Å². The molecule has 7 heteroatoms. The van der Waals surface area contributed by atoms with Gasteiger partial charge in [0.2, 0.25) is 11.8 Å². The number of anilines is 1. The normalized spacial score (nSPS) is 29.0. The van der Waals surface area contributed by atoms with E-state index in [9.17, 15) is 4.79 Å². The molecule has 2 heterocycles. The predicted octanol–water partition coefficient (Wildman–Crippen LogP) is 5.62. The Morgan fingerprint density at radius 2 is 2.07 bits per heavy atom. The smallest absolute Gasteiger partial charge is 0.322 e. The third kappa shape index (κ3) is 3.12.